The highest BCUT2D eigenvalue weighted by Crippen LogP contribution is 2.26. The molecule has 0 atom stereocenters. The second kappa shape index (κ2) is 6.41. The van der Waals surface area contributed by atoms with Crippen LogP contribution in [0.1, 0.15) is 5.82 Å². The summed E-state index contributed by atoms with van der Waals surface area (Å²) in [6.07, 6.45) is 3.19. The molecule has 0 saturated carbocycles. The van der Waals surface area contributed by atoms with E-state index in [1.54, 1.807) is 6.08 Å². The topological polar surface area (TPSA) is 82.0 Å². The molecule has 2 aromatic heterocycles. The highest BCUT2D eigenvalue weighted by Gasteiger charge is 2.16. The first kappa shape index (κ1) is 16.0. The molecular weight excluding hydrogens is 395 g/mol. The van der Waals surface area contributed by atoms with Gasteiger partial charge in [-0.15, -0.1) is 0 Å². The average molecular weight is 407 g/mol. The SMILES string of the molecule is O=c1[nH]c2nc3c1cnn3-c1ccc(F)cc1OC/C=C(/Br)COC2. The number of nitrogens with zero attached hydrogens (tertiary/aromatic N) is 3. The van der Waals surface area contributed by atoms with E-state index in [4.69, 9.17) is 9.47 Å². The lowest BCUT2D eigenvalue weighted by Gasteiger charge is -2.11. The van der Waals surface area contributed by atoms with Gasteiger partial charge in [-0.3, -0.25) is 4.79 Å². The molecule has 0 fully saturated rings. The fourth-order valence-corrected chi connectivity index (χ4v) is 2.81. The zero-order valence-corrected chi connectivity index (χ0v) is 14.4. The van der Waals surface area contributed by atoms with Gasteiger partial charge in [-0.05, 0) is 18.2 Å². The van der Waals surface area contributed by atoms with Crippen molar-refractivity contribution in [3.05, 3.63) is 56.9 Å². The summed E-state index contributed by atoms with van der Waals surface area (Å²) >= 11 is 3.38. The number of ether oxygens (including phenoxy) is 2. The van der Waals surface area contributed by atoms with Crippen LogP contribution in [0, 0.1) is 5.82 Å². The number of H-pyrrole nitrogens is 1. The molecule has 0 saturated heterocycles. The predicted molar refractivity (Wildman–Crippen MR) is 91.6 cm³/mol. The van der Waals surface area contributed by atoms with E-state index >= 15 is 0 Å². The largest absolute Gasteiger partial charge is 0.487 e. The molecule has 2 bridgehead atoms. The summed E-state index contributed by atoms with van der Waals surface area (Å²) in [5, 5.41) is 4.55. The van der Waals surface area contributed by atoms with Gasteiger partial charge in [0.2, 0.25) is 0 Å². The van der Waals surface area contributed by atoms with Crippen LogP contribution in [-0.2, 0) is 11.3 Å². The van der Waals surface area contributed by atoms with Gasteiger partial charge in [0.25, 0.3) is 5.56 Å². The van der Waals surface area contributed by atoms with E-state index in [1.807, 2.05) is 0 Å². The van der Waals surface area contributed by atoms with Crippen LogP contribution in [0.2, 0.25) is 0 Å². The number of hydrogen-bond acceptors (Lipinski definition) is 5. The number of aromatic amines is 1. The molecule has 3 aromatic rings. The van der Waals surface area contributed by atoms with Crippen molar-refractivity contribution in [1.82, 2.24) is 19.7 Å². The molecule has 4 rings (SSSR count). The van der Waals surface area contributed by atoms with E-state index in [9.17, 15) is 9.18 Å². The van der Waals surface area contributed by atoms with Gasteiger partial charge in [-0.2, -0.15) is 5.10 Å². The lowest BCUT2D eigenvalue weighted by atomic mass is 10.3. The highest BCUT2D eigenvalue weighted by atomic mass is 79.9. The number of rotatable bonds is 0. The van der Waals surface area contributed by atoms with Gasteiger partial charge in [-0.25, -0.2) is 14.1 Å². The Hall–Kier alpha value is -2.52. The molecule has 7 nitrogen and oxygen atoms in total. The van der Waals surface area contributed by atoms with Crippen LogP contribution in [0.5, 0.6) is 5.75 Å². The van der Waals surface area contributed by atoms with Crippen molar-refractivity contribution in [2.45, 2.75) is 6.61 Å². The molecule has 0 spiro atoms. The van der Waals surface area contributed by atoms with Gasteiger partial charge in [0.05, 0.1) is 12.8 Å². The molecule has 1 aliphatic rings. The Bertz CT molecular complexity index is 1040. The second-order valence-electron chi connectivity index (χ2n) is 5.37. The monoisotopic (exact) mass is 406 g/mol. The molecule has 128 valence electrons. The zero-order valence-electron chi connectivity index (χ0n) is 12.8. The van der Waals surface area contributed by atoms with Crippen LogP contribution in [0.15, 0.2) is 39.7 Å². The van der Waals surface area contributed by atoms with Crippen LogP contribution >= 0.6 is 15.9 Å². The Morgan fingerprint density at radius 3 is 3.08 bits per heavy atom. The summed E-state index contributed by atoms with van der Waals surface area (Å²) in [4.78, 5) is 19.3. The molecule has 0 aliphatic carbocycles. The lowest BCUT2D eigenvalue weighted by molar-refractivity contribution is 0.141. The number of nitrogens with one attached hydrogen (secondary N) is 1. The number of aromatic nitrogens is 4. The van der Waals surface area contributed by atoms with Gasteiger partial charge in [0.15, 0.2) is 5.65 Å². The average Bonchev–Trinajstić information content (AvgIpc) is 2.99. The quantitative estimate of drug-likeness (QED) is 0.619. The molecule has 1 aliphatic heterocycles. The highest BCUT2D eigenvalue weighted by molar-refractivity contribution is 9.11. The van der Waals surface area contributed by atoms with Crippen molar-refractivity contribution in [1.29, 1.82) is 0 Å². The van der Waals surface area contributed by atoms with Crippen molar-refractivity contribution >= 4 is 27.0 Å². The van der Waals surface area contributed by atoms with Gasteiger partial charge in [-0.1, -0.05) is 15.9 Å². The minimum absolute atomic E-state index is 0.135. The Morgan fingerprint density at radius 2 is 2.20 bits per heavy atom. The van der Waals surface area contributed by atoms with Crippen LogP contribution in [0.25, 0.3) is 16.7 Å². The molecule has 1 N–H and O–H groups in total. The summed E-state index contributed by atoms with van der Waals surface area (Å²) in [5.74, 6) is 0.242. The van der Waals surface area contributed by atoms with E-state index in [0.717, 1.165) is 4.48 Å². The summed E-state index contributed by atoms with van der Waals surface area (Å²) in [7, 11) is 0. The van der Waals surface area contributed by atoms with Crippen LogP contribution in [0.4, 0.5) is 4.39 Å². The van der Waals surface area contributed by atoms with Crippen molar-refractivity contribution in [2.24, 2.45) is 0 Å². The van der Waals surface area contributed by atoms with Gasteiger partial charge >= 0.3 is 0 Å². The number of hydrogen-bond donors (Lipinski definition) is 1. The maximum atomic E-state index is 13.7. The standard InChI is InChI=1S/C16H12BrFN4O3/c17-9-3-4-25-13-5-10(18)1-2-12(13)22-15-11(6-19-22)16(23)21-14(20-15)8-24-7-9/h1-3,5-6H,4,7-8H2,(H,20,21,23)/b9-3+. The van der Waals surface area contributed by atoms with Gasteiger partial charge < -0.3 is 14.5 Å². The summed E-state index contributed by atoms with van der Waals surface area (Å²) in [6.45, 7) is 0.644. The van der Waals surface area contributed by atoms with Crippen LogP contribution in [0.3, 0.4) is 0 Å². The summed E-state index contributed by atoms with van der Waals surface area (Å²) < 4.78 is 27.1. The minimum Gasteiger partial charge on any atom is -0.487 e. The van der Waals surface area contributed by atoms with E-state index in [0.29, 0.717) is 34.9 Å². The second-order valence-corrected chi connectivity index (χ2v) is 6.39. The molecule has 0 unspecified atom stereocenters. The molecule has 25 heavy (non-hydrogen) atoms. The summed E-state index contributed by atoms with van der Waals surface area (Å²) in [5.41, 5.74) is 0.527. The number of benzene rings is 1. The first-order valence-corrected chi connectivity index (χ1v) is 8.23. The molecule has 3 heterocycles. The molecule has 9 heteroatoms. The molecule has 0 radical (unpaired) electrons. The Morgan fingerprint density at radius 1 is 1.32 bits per heavy atom. The Labute approximate surface area is 149 Å². The van der Waals surface area contributed by atoms with E-state index in [1.165, 1.54) is 29.1 Å². The fraction of sp³-hybridized carbons (Fsp3) is 0.188. The van der Waals surface area contributed by atoms with E-state index in [2.05, 4.69) is 31.0 Å². The van der Waals surface area contributed by atoms with Crippen molar-refractivity contribution in [3.8, 4) is 11.4 Å². The van der Waals surface area contributed by atoms with Crippen LogP contribution in [-0.4, -0.2) is 33.0 Å². The Balaban J connectivity index is 1.96. The van der Waals surface area contributed by atoms with Crippen molar-refractivity contribution in [2.75, 3.05) is 13.2 Å². The van der Waals surface area contributed by atoms with E-state index < -0.39 is 5.82 Å². The van der Waals surface area contributed by atoms with Gasteiger partial charge in [0.1, 0.15) is 41.7 Å². The zero-order chi connectivity index (χ0) is 17.4. The maximum Gasteiger partial charge on any atom is 0.262 e. The normalized spacial score (nSPS) is 17.0. The third kappa shape index (κ3) is 3.08. The van der Waals surface area contributed by atoms with Crippen molar-refractivity contribution in [3.63, 3.8) is 0 Å². The predicted octanol–water partition coefficient (Wildman–Crippen LogP) is 2.44. The Kier molecular flexibility index (Phi) is 4.10. The molecule has 1 aromatic carbocycles. The lowest BCUT2D eigenvalue weighted by Crippen LogP contribution is -2.13. The first-order valence-electron chi connectivity index (χ1n) is 7.44. The number of fused-ring (bicyclic) bond motifs is 3. The molecule has 0 amide bonds. The third-order valence-corrected chi connectivity index (χ3v) is 4.21. The first-order chi connectivity index (χ1) is 12.1. The third-order valence-electron chi connectivity index (χ3n) is 3.66. The van der Waals surface area contributed by atoms with E-state index in [-0.39, 0.29) is 18.8 Å². The number of halogens is 2. The van der Waals surface area contributed by atoms with Crippen molar-refractivity contribution < 1.29 is 13.9 Å². The van der Waals surface area contributed by atoms with Crippen LogP contribution < -0.4 is 10.3 Å². The maximum absolute atomic E-state index is 13.7. The smallest absolute Gasteiger partial charge is 0.262 e. The fourth-order valence-electron chi connectivity index (χ4n) is 2.51. The molecular formula is C16H12BrFN4O3. The van der Waals surface area contributed by atoms with Gasteiger partial charge in [0, 0.05) is 10.5 Å². The summed E-state index contributed by atoms with van der Waals surface area (Å²) in [6, 6.07) is 4.11. The minimum atomic E-state index is -0.433.